The van der Waals surface area contributed by atoms with E-state index in [2.05, 4.69) is 30.8 Å². The van der Waals surface area contributed by atoms with Gasteiger partial charge in [-0.2, -0.15) is 9.97 Å². The zero-order chi connectivity index (χ0) is 16.1. The molecule has 1 saturated heterocycles. The standard InChI is InChI=1S/C16H21N5O2/c1-22-14-11-15(23-2)19-16(18-14)21-9-7-20(8-10-21)12-13-5-3-4-6-17-13/h3-6,11H,7-10,12H2,1-2H3. The Morgan fingerprint density at radius 2 is 1.70 bits per heavy atom. The van der Waals surface area contributed by atoms with Crippen molar-refractivity contribution in [2.75, 3.05) is 45.3 Å². The fourth-order valence-corrected chi connectivity index (χ4v) is 2.57. The summed E-state index contributed by atoms with van der Waals surface area (Å²) in [5.74, 6) is 1.68. The van der Waals surface area contributed by atoms with Gasteiger partial charge in [-0.3, -0.25) is 9.88 Å². The summed E-state index contributed by atoms with van der Waals surface area (Å²) in [4.78, 5) is 17.7. The Hall–Kier alpha value is -2.41. The fourth-order valence-electron chi connectivity index (χ4n) is 2.57. The van der Waals surface area contributed by atoms with E-state index in [0.29, 0.717) is 17.7 Å². The first-order valence-corrected chi connectivity index (χ1v) is 7.63. The van der Waals surface area contributed by atoms with E-state index < -0.39 is 0 Å². The minimum absolute atomic E-state index is 0.516. The summed E-state index contributed by atoms with van der Waals surface area (Å²) in [6.45, 7) is 4.49. The topological polar surface area (TPSA) is 63.6 Å². The van der Waals surface area contributed by atoms with Crippen LogP contribution in [0.15, 0.2) is 30.5 Å². The van der Waals surface area contributed by atoms with E-state index in [4.69, 9.17) is 9.47 Å². The van der Waals surface area contributed by atoms with Crippen LogP contribution in [-0.2, 0) is 6.54 Å². The van der Waals surface area contributed by atoms with Gasteiger partial charge in [-0.1, -0.05) is 6.07 Å². The summed E-state index contributed by atoms with van der Waals surface area (Å²) in [5.41, 5.74) is 1.10. The number of rotatable bonds is 5. The Morgan fingerprint density at radius 3 is 2.26 bits per heavy atom. The average molecular weight is 315 g/mol. The third-order valence-electron chi connectivity index (χ3n) is 3.85. The van der Waals surface area contributed by atoms with E-state index in [9.17, 15) is 0 Å². The molecule has 0 aromatic carbocycles. The number of hydrogen-bond donors (Lipinski definition) is 0. The third-order valence-corrected chi connectivity index (χ3v) is 3.85. The number of anilines is 1. The molecule has 7 heteroatoms. The minimum atomic E-state index is 0.516. The zero-order valence-corrected chi connectivity index (χ0v) is 13.5. The SMILES string of the molecule is COc1cc(OC)nc(N2CCN(Cc3ccccn3)CC2)n1. The van der Waals surface area contributed by atoms with Crippen molar-refractivity contribution in [1.29, 1.82) is 0 Å². The monoisotopic (exact) mass is 315 g/mol. The molecule has 23 heavy (non-hydrogen) atoms. The number of ether oxygens (including phenoxy) is 2. The third kappa shape index (κ3) is 3.87. The summed E-state index contributed by atoms with van der Waals surface area (Å²) in [5, 5.41) is 0. The molecule has 122 valence electrons. The highest BCUT2D eigenvalue weighted by molar-refractivity contribution is 5.37. The molecule has 0 radical (unpaired) electrons. The number of piperazine rings is 1. The predicted octanol–water partition coefficient (Wildman–Crippen LogP) is 1.21. The van der Waals surface area contributed by atoms with Crippen LogP contribution in [0.3, 0.4) is 0 Å². The molecular weight excluding hydrogens is 294 g/mol. The molecule has 1 fully saturated rings. The molecule has 0 bridgehead atoms. The Kier molecular flexibility index (Phi) is 4.87. The van der Waals surface area contributed by atoms with Crippen molar-refractivity contribution in [3.05, 3.63) is 36.2 Å². The summed E-state index contributed by atoms with van der Waals surface area (Å²) in [7, 11) is 3.19. The summed E-state index contributed by atoms with van der Waals surface area (Å²) >= 11 is 0. The van der Waals surface area contributed by atoms with Crippen LogP contribution in [0.2, 0.25) is 0 Å². The maximum absolute atomic E-state index is 5.21. The molecule has 2 aromatic heterocycles. The zero-order valence-electron chi connectivity index (χ0n) is 13.5. The molecule has 0 spiro atoms. The second-order valence-corrected chi connectivity index (χ2v) is 5.34. The van der Waals surface area contributed by atoms with Crippen molar-refractivity contribution in [2.24, 2.45) is 0 Å². The predicted molar refractivity (Wildman–Crippen MR) is 86.9 cm³/mol. The highest BCUT2D eigenvalue weighted by atomic mass is 16.5. The van der Waals surface area contributed by atoms with Gasteiger partial charge in [-0.15, -0.1) is 0 Å². The molecule has 7 nitrogen and oxygen atoms in total. The van der Waals surface area contributed by atoms with Gasteiger partial charge in [0.15, 0.2) is 0 Å². The van der Waals surface area contributed by atoms with E-state index in [1.807, 2.05) is 18.3 Å². The van der Waals surface area contributed by atoms with Gasteiger partial charge in [-0.25, -0.2) is 0 Å². The largest absolute Gasteiger partial charge is 0.481 e. The van der Waals surface area contributed by atoms with Crippen LogP contribution in [-0.4, -0.2) is 60.3 Å². The first-order chi connectivity index (χ1) is 11.3. The van der Waals surface area contributed by atoms with Crippen LogP contribution < -0.4 is 14.4 Å². The summed E-state index contributed by atoms with van der Waals surface area (Å²) in [6.07, 6.45) is 1.84. The van der Waals surface area contributed by atoms with E-state index in [1.54, 1.807) is 20.3 Å². The van der Waals surface area contributed by atoms with Crippen LogP contribution in [0.5, 0.6) is 11.8 Å². The molecule has 2 aromatic rings. The normalized spacial score (nSPS) is 15.5. The number of methoxy groups -OCH3 is 2. The van der Waals surface area contributed by atoms with Gasteiger partial charge in [0.1, 0.15) is 0 Å². The van der Waals surface area contributed by atoms with Crippen LogP contribution >= 0.6 is 0 Å². The molecule has 1 aliphatic rings. The lowest BCUT2D eigenvalue weighted by Gasteiger charge is -2.34. The number of hydrogen-bond acceptors (Lipinski definition) is 7. The van der Waals surface area contributed by atoms with Crippen molar-refractivity contribution in [3.63, 3.8) is 0 Å². The molecule has 3 heterocycles. The van der Waals surface area contributed by atoms with Crippen molar-refractivity contribution in [3.8, 4) is 11.8 Å². The smallest absolute Gasteiger partial charge is 0.232 e. The van der Waals surface area contributed by atoms with Crippen molar-refractivity contribution in [1.82, 2.24) is 19.9 Å². The number of nitrogens with zero attached hydrogens (tertiary/aromatic N) is 5. The van der Waals surface area contributed by atoms with E-state index in [0.717, 1.165) is 38.4 Å². The summed E-state index contributed by atoms with van der Waals surface area (Å²) in [6, 6.07) is 7.70. The maximum atomic E-state index is 5.21. The van der Waals surface area contributed by atoms with Gasteiger partial charge < -0.3 is 14.4 Å². The number of aromatic nitrogens is 3. The second kappa shape index (κ2) is 7.23. The lowest BCUT2D eigenvalue weighted by Crippen LogP contribution is -2.46. The van der Waals surface area contributed by atoms with Gasteiger partial charge in [0.25, 0.3) is 0 Å². The van der Waals surface area contributed by atoms with Crippen molar-refractivity contribution < 1.29 is 9.47 Å². The fraction of sp³-hybridized carbons (Fsp3) is 0.438. The molecule has 0 aliphatic carbocycles. The molecule has 0 amide bonds. The highest BCUT2D eigenvalue weighted by Crippen LogP contribution is 2.21. The highest BCUT2D eigenvalue weighted by Gasteiger charge is 2.20. The number of pyridine rings is 1. The molecule has 0 atom stereocenters. The quantitative estimate of drug-likeness (QED) is 0.822. The van der Waals surface area contributed by atoms with Gasteiger partial charge in [0.05, 0.1) is 26.0 Å². The van der Waals surface area contributed by atoms with Crippen molar-refractivity contribution in [2.45, 2.75) is 6.54 Å². The average Bonchev–Trinajstić information content (AvgIpc) is 2.62. The Labute approximate surface area is 135 Å². The summed E-state index contributed by atoms with van der Waals surface area (Å²) < 4.78 is 10.4. The molecule has 1 aliphatic heterocycles. The first kappa shape index (κ1) is 15.5. The van der Waals surface area contributed by atoms with E-state index in [-0.39, 0.29) is 0 Å². The van der Waals surface area contributed by atoms with Crippen LogP contribution in [0.25, 0.3) is 0 Å². The molecule has 0 saturated carbocycles. The first-order valence-electron chi connectivity index (χ1n) is 7.63. The van der Waals surface area contributed by atoms with Gasteiger partial charge in [-0.05, 0) is 12.1 Å². The maximum Gasteiger partial charge on any atom is 0.232 e. The van der Waals surface area contributed by atoms with Crippen LogP contribution in [0, 0.1) is 0 Å². The van der Waals surface area contributed by atoms with Crippen LogP contribution in [0.4, 0.5) is 5.95 Å². The van der Waals surface area contributed by atoms with Gasteiger partial charge >= 0.3 is 0 Å². The molecule has 0 N–H and O–H groups in total. The Bertz CT molecular complexity index is 607. The molecule has 0 unspecified atom stereocenters. The van der Waals surface area contributed by atoms with Gasteiger partial charge in [0.2, 0.25) is 17.7 Å². The van der Waals surface area contributed by atoms with Crippen molar-refractivity contribution >= 4 is 5.95 Å². The molecule has 3 rings (SSSR count). The van der Waals surface area contributed by atoms with Gasteiger partial charge in [0, 0.05) is 38.9 Å². The van der Waals surface area contributed by atoms with E-state index >= 15 is 0 Å². The lowest BCUT2D eigenvalue weighted by atomic mass is 10.3. The Morgan fingerprint density at radius 1 is 1.00 bits per heavy atom. The Balaban J connectivity index is 1.62. The lowest BCUT2D eigenvalue weighted by molar-refractivity contribution is 0.245. The molecular formula is C16H21N5O2. The van der Waals surface area contributed by atoms with Crippen LogP contribution in [0.1, 0.15) is 5.69 Å². The van der Waals surface area contributed by atoms with E-state index in [1.165, 1.54) is 0 Å². The minimum Gasteiger partial charge on any atom is -0.481 e. The second-order valence-electron chi connectivity index (χ2n) is 5.34.